The molecule has 2 saturated heterocycles. The summed E-state index contributed by atoms with van der Waals surface area (Å²) in [5.74, 6) is -2.23. The number of aliphatic hydroxyl groups excluding tert-OH is 10. The highest BCUT2D eigenvalue weighted by Crippen LogP contribution is 2.49. The van der Waals surface area contributed by atoms with Gasteiger partial charge in [0.2, 0.25) is 0 Å². The van der Waals surface area contributed by atoms with Gasteiger partial charge in [-0.2, -0.15) is 0 Å². The molecule has 3 rings (SSSR count). The van der Waals surface area contributed by atoms with Gasteiger partial charge in [0.25, 0.3) is 0 Å². The first kappa shape index (κ1) is 92.6. The van der Waals surface area contributed by atoms with Gasteiger partial charge in [-0.15, -0.1) is 0 Å². The Labute approximate surface area is 605 Å². The summed E-state index contributed by atoms with van der Waals surface area (Å²) in [7, 11) is -5.72. The van der Waals surface area contributed by atoms with Gasteiger partial charge >= 0.3 is 25.7 Å². The van der Waals surface area contributed by atoms with Crippen molar-refractivity contribution >= 4 is 25.7 Å². The monoisotopic (exact) mass is 1470 g/mol. The van der Waals surface area contributed by atoms with Crippen molar-refractivity contribution in [2.24, 2.45) is 0 Å². The zero-order chi connectivity index (χ0) is 73.9. The minimum absolute atomic E-state index is 0.0289. The fourth-order valence-electron chi connectivity index (χ4n) is 13.1. The van der Waals surface area contributed by atoms with E-state index in [-0.39, 0.29) is 12.8 Å². The molecule has 24 nitrogen and oxygen atoms in total. The van der Waals surface area contributed by atoms with Gasteiger partial charge in [0.15, 0.2) is 18.7 Å². The maximum Gasteiger partial charge on any atom is 0.472 e. The van der Waals surface area contributed by atoms with Crippen molar-refractivity contribution in [1.82, 2.24) is 0 Å². The third-order valence-electron chi connectivity index (χ3n) is 19.6. The molecule has 0 aromatic heterocycles. The van der Waals surface area contributed by atoms with E-state index in [1.807, 2.05) is 6.08 Å². The first-order valence-electron chi connectivity index (χ1n) is 39.7. The predicted molar refractivity (Wildman–Crippen MR) is 384 cm³/mol. The topological polar surface area (TPSA) is 374 Å². The Bertz CT molecular complexity index is 2180. The van der Waals surface area contributed by atoms with Crippen molar-refractivity contribution in [1.29, 1.82) is 0 Å². The minimum Gasteiger partial charge on any atom is -0.463 e. The average molecular weight is 1470 g/mol. The zero-order valence-electron chi connectivity index (χ0n) is 61.9. The first-order chi connectivity index (χ1) is 48.8. The van der Waals surface area contributed by atoms with Crippen LogP contribution in [-0.2, 0) is 61.2 Å². The Morgan fingerprint density at radius 1 is 0.406 bits per heavy atom. The van der Waals surface area contributed by atoms with Crippen molar-refractivity contribution in [3.05, 3.63) is 24.3 Å². The number of esters is 3. The smallest absolute Gasteiger partial charge is 0.463 e. The van der Waals surface area contributed by atoms with Crippen LogP contribution in [0, 0.1) is 0 Å². The average Bonchev–Trinajstić information content (AvgIpc) is 0.761. The molecule has 101 heavy (non-hydrogen) atoms. The summed E-state index contributed by atoms with van der Waals surface area (Å²) in [6.45, 7) is 3.38. The van der Waals surface area contributed by atoms with E-state index in [0.29, 0.717) is 12.8 Å². The number of carbonyl (C=O) groups excluding carboxylic acids is 3. The summed E-state index contributed by atoms with van der Waals surface area (Å²) in [4.78, 5) is 51.0. The zero-order valence-corrected chi connectivity index (χ0v) is 62.8. The summed E-state index contributed by atoms with van der Waals surface area (Å²) in [5.41, 5.74) is 0. The molecule has 2 aliphatic heterocycles. The quantitative estimate of drug-likeness (QED) is 0.00673. The second-order valence-electron chi connectivity index (χ2n) is 28.5. The normalized spacial score (nSPS) is 27.3. The summed E-state index contributed by atoms with van der Waals surface area (Å²) in [6.07, 6.45) is 20.1. The van der Waals surface area contributed by atoms with Crippen LogP contribution in [0.15, 0.2) is 24.3 Å². The van der Waals surface area contributed by atoms with Gasteiger partial charge in [-0.3, -0.25) is 18.6 Å². The van der Waals surface area contributed by atoms with E-state index in [2.05, 4.69) is 20.8 Å². The third-order valence-corrected chi connectivity index (χ3v) is 20.6. The summed E-state index contributed by atoms with van der Waals surface area (Å²) >= 11 is 0. The molecular weight excluding hydrogens is 1330 g/mol. The SMILES string of the molecule is CCCCCCCCCCCCC/C=C/C=C/C(=O)OC(COC(=O)CCCCCCCCCCCCCCCCC)COP(=O)(O)OC1C(OC2OC(CO)C(O)C(O)C2O)C(O)C(O)C(O)C1OC1OC(COC(=O)CCCCCCCCCCCCCCCCCC)C(O)C(O)C1O. The standard InChI is InChI=1S/C76H139O24P/c1-4-7-10-13-16-19-22-25-28-31-33-36-39-42-45-48-51-61(79)93-56-59-64(82)66(84)71(89)76(97-59)99-73-69(87)67(85)68(86)72(98-75-70(88)65(83)63(81)58(53-77)96-75)74(73)100-101(90,91)94-55-57(95-62(80)52-49-46-43-40-37-34-30-27-24-21-18-15-12-9-6-3)54-92-60(78)50-47-44-41-38-35-32-29-26-23-20-17-14-11-8-5-2/h43,46,49,52,57-59,63-77,81-89H,4-42,44-45,47-48,50-51,53-56H2,1-3H3,(H,90,91)/b46-43+,52-49+. The van der Waals surface area contributed by atoms with Gasteiger partial charge < -0.3 is 89.1 Å². The minimum atomic E-state index is -5.72. The van der Waals surface area contributed by atoms with Gasteiger partial charge in [-0.25, -0.2) is 9.36 Å². The number of phosphoric acid groups is 1. The van der Waals surface area contributed by atoms with E-state index in [1.165, 1.54) is 179 Å². The van der Waals surface area contributed by atoms with E-state index >= 15 is 0 Å². The third kappa shape index (κ3) is 40.3. The van der Waals surface area contributed by atoms with Crippen molar-refractivity contribution in [2.75, 3.05) is 26.4 Å². The first-order valence-corrected chi connectivity index (χ1v) is 41.2. The van der Waals surface area contributed by atoms with E-state index in [1.54, 1.807) is 6.08 Å². The maximum atomic E-state index is 14.3. The van der Waals surface area contributed by atoms with Crippen LogP contribution in [0.4, 0.5) is 0 Å². The maximum absolute atomic E-state index is 14.3. The molecule has 0 radical (unpaired) electrons. The number of aliphatic hydroxyl groups is 10. The molecule has 3 fully saturated rings. The van der Waals surface area contributed by atoms with Crippen molar-refractivity contribution in [3.63, 3.8) is 0 Å². The lowest BCUT2D eigenvalue weighted by molar-refractivity contribution is -0.360. The van der Waals surface area contributed by atoms with Gasteiger partial charge in [0.1, 0.15) is 98.7 Å². The van der Waals surface area contributed by atoms with Crippen LogP contribution in [0.25, 0.3) is 0 Å². The molecule has 1 saturated carbocycles. The molecule has 0 aromatic carbocycles. The number of unbranched alkanes of at least 4 members (excludes halogenated alkanes) is 40. The fourth-order valence-corrected chi connectivity index (χ4v) is 14.1. The van der Waals surface area contributed by atoms with Gasteiger partial charge in [0.05, 0.1) is 13.2 Å². The van der Waals surface area contributed by atoms with Crippen molar-refractivity contribution in [3.8, 4) is 0 Å². The summed E-state index contributed by atoms with van der Waals surface area (Å²) < 4.78 is 64.9. The number of allylic oxidation sites excluding steroid dienone is 3. The van der Waals surface area contributed by atoms with E-state index in [4.69, 9.17) is 42.2 Å². The lowest BCUT2D eigenvalue weighted by atomic mass is 9.84. The Hall–Kier alpha value is -2.56. The highest BCUT2D eigenvalue weighted by atomic mass is 31.2. The molecule has 1 aliphatic carbocycles. The Morgan fingerprint density at radius 3 is 1.15 bits per heavy atom. The number of ether oxygens (including phenoxy) is 7. The van der Waals surface area contributed by atoms with Crippen LogP contribution in [0.5, 0.6) is 0 Å². The second-order valence-corrected chi connectivity index (χ2v) is 29.9. The molecule has 0 bridgehead atoms. The Kier molecular flexibility index (Phi) is 52.8. The van der Waals surface area contributed by atoms with Crippen LogP contribution in [0.2, 0.25) is 0 Å². The molecule has 592 valence electrons. The number of rotatable bonds is 62. The molecule has 18 atom stereocenters. The lowest BCUT2D eigenvalue weighted by Gasteiger charge is -2.49. The second kappa shape index (κ2) is 57.6. The Morgan fingerprint density at radius 2 is 0.752 bits per heavy atom. The fraction of sp³-hybridized carbons (Fsp3) is 0.908. The molecule has 2 heterocycles. The van der Waals surface area contributed by atoms with Crippen LogP contribution < -0.4 is 0 Å². The largest absolute Gasteiger partial charge is 0.472 e. The summed E-state index contributed by atoms with van der Waals surface area (Å²) in [6, 6.07) is 0. The molecule has 25 heteroatoms. The highest BCUT2D eigenvalue weighted by molar-refractivity contribution is 7.47. The molecule has 18 unspecified atom stereocenters. The number of carbonyl (C=O) groups is 3. The van der Waals surface area contributed by atoms with E-state index in [0.717, 1.165) is 96.0 Å². The van der Waals surface area contributed by atoms with E-state index in [9.17, 15) is 74.9 Å². The van der Waals surface area contributed by atoms with Crippen molar-refractivity contribution in [2.45, 2.75) is 414 Å². The number of hydrogen-bond donors (Lipinski definition) is 11. The van der Waals surface area contributed by atoms with Gasteiger partial charge in [-0.05, 0) is 25.7 Å². The molecule has 11 N–H and O–H groups in total. The number of phosphoric ester groups is 1. The van der Waals surface area contributed by atoms with Crippen LogP contribution in [0.1, 0.15) is 310 Å². The predicted octanol–water partition coefficient (Wildman–Crippen LogP) is 11.7. The summed E-state index contributed by atoms with van der Waals surface area (Å²) in [5, 5.41) is 110. The Balaban J connectivity index is 1.73. The number of hydrogen-bond acceptors (Lipinski definition) is 23. The van der Waals surface area contributed by atoms with Gasteiger partial charge in [-0.1, -0.05) is 289 Å². The van der Waals surface area contributed by atoms with Crippen molar-refractivity contribution < 1.29 is 117 Å². The van der Waals surface area contributed by atoms with Crippen LogP contribution in [0.3, 0.4) is 0 Å². The molecule has 0 amide bonds. The molecular formula is C76H139O24P. The lowest BCUT2D eigenvalue weighted by Crippen LogP contribution is -2.69. The molecule has 3 aliphatic rings. The molecule has 0 aromatic rings. The van der Waals surface area contributed by atoms with Crippen LogP contribution >= 0.6 is 7.82 Å². The van der Waals surface area contributed by atoms with Gasteiger partial charge in [0, 0.05) is 18.9 Å². The van der Waals surface area contributed by atoms with Crippen LogP contribution in [-0.4, -0.2) is 204 Å². The van der Waals surface area contributed by atoms with E-state index < -0.39 is 156 Å². The highest BCUT2D eigenvalue weighted by Gasteiger charge is 2.58. The molecule has 0 spiro atoms.